The second-order valence-electron chi connectivity index (χ2n) is 12.1. The molecule has 13 nitrogen and oxygen atoms in total. The standard InChI is InChI=1S/C31H34ClN9O4S/c1-38-27-14-21(5-6-26(27)29(37-38)41-12-9-28(42)36-31(41)43)22-18-39(19-22)17-20-3-2-4-25(13-20)46(44,45)40-10-7-24(8-11-40)35-30-33-15-23(32)16-34-30/h2-6,13-16,22,24H,7-12,17-19H2,1H3,(H,33,34,35)(H,36,42,43). The van der Waals surface area contributed by atoms with Crippen molar-refractivity contribution in [2.24, 2.45) is 7.05 Å². The van der Waals surface area contributed by atoms with E-state index < -0.39 is 16.1 Å². The Morgan fingerprint density at radius 1 is 1.02 bits per heavy atom. The van der Waals surface area contributed by atoms with Crippen LogP contribution < -0.4 is 15.5 Å². The molecular weight excluding hydrogens is 630 g/mol. The fourth-order valence-corrected chi connectivity index (χ4v) is 8.04. The number of nitrogens with one attached hydrogen (secondary N) is 2. The highest BCUT2D eigenvalue weighted by Crippen LogP contribution is 2.34. The van der Waals surface area contributed by atoms with Crippen molar-refractivity contribution in [3.63, 3.8) is 0 Å². The number of benzene rings is 2. The van der Waals surface area contributed by atoms with E-state index in [0.29, 0.717) is 66.6 Å². The molecular formula is C31H34ClN9O4S. The zero-order valence-corrected chi connectivity index (χ0v) is 26.8. The summed E-state index contributed by atoms with van der Waals surface area (Å²) in [5.74, 6) is 1.09. The smallest absolute Gasteiger partial charge is 0.329 e. The summed E-state index contributed by atoms with van der Waals surface area (Å²) in [7, 11) is -1.76. The van der Waals surface area contributed by atoms with Gasteiger partial charge in [-0.2, -0.15) is 9.40 Å². The number of sulfonamides is 1. The van der Waals surface area contributed by atoms with Crippen molar-refractivity contribution in [1.82, 2.24) is 34.3 Å². The van der Waals surface area contributed by atoms with Crippen LogP contribution in [0.4, 0.5) is 16.6 Å². The molecule has 3 amide bonds. The van der Waals surface area contributed by atoms with Crippen LogP contribution in [-0.2, 0) is 28.4 Å². The van der Waals surface area contributed by atoms with E-state index in [1.54, 1.807) is 21.1 Å². The van der Waals surface area contributed by atoms with Crippen molar-refractivity contribution >= 4 is 56.2 Å². The number of nitrogens with zero attached hydrogens (tertiary/aromatic N) is 7. The van der Waals surface area contributed by atoms with Crippen molar-refractivity contribution in [2.75, 3.05) is 42.9 Å². The van der Waals surface area contributed by atoms with Crippen LogP contribution in [0.3, 0.4) is 0 Å². The Bertz CT molecular complexity index is 1900. The molecule has 3 saturated heterocycles. The number of hydrogen-bond donors (Lipinski definition) is 2. The zero-order chi connectivity index (χ0) is 32.0. The van der Waals surface area contributed by atoms with Crippen LogP contribution in [0.25, 0.3) is 10.9 Å². The van der Waals surface area contributed by atoms with Crippen LogP contribution in [0.5, 0.6) is 0 Å². The molecule has 2 N–H and O–H groups in total. The lowest BCUT2D eigenvalue weighted by Gasteiger charge is -2.39. The fourth-order valence-electron chi connectivity index (χ4n) is 6.41. The van der Waals surface area contributed by atoms with Crippen LogP contribution in [0.1, 0.15) is 36.3 Å². The number of hydrogen-bond acceptors (Lipinski definition) is 9. The Kier molecular flexibility index (Phi) is 8.13. The van der Waals surface area contributed by atoms with E-state index in [0.717, 1.165) is 29.6 Å². The quantitative estimate of drug-likeness (QED) is 0.290. The van der Waals surface area contributed by atoms with Gasteiger partial charge in [0, 0.05) is 70.1 Å². The lowest BCUT2D eigenvalue weighted by molar-refractivity contribution is -0.120. The average Bonchev–Trinajstić information content (AvgIpc) is 3.35. The minimum atomic E-state index is -3.62. The van der Waals surface area contributed by atoms with Gasteiger partial charge in [0.1, 0.15) is 0 Å². The summed E-state index contributed by atoms with van der Waals surface area (Å²) in [5, 5.41) is 11.5. The van der Waals surface area contributed by atoms with Crippen molar-refractivity contribution < 1.29 is 18.0 Å². The molecule has 3 aliphatic rings. The highest BCUT2D eigenvalue weighted by atomic mass is 35.5. The highest BCUT2D eigenvalue weighted by molar-refractivity contribution is 7.89. The minimum Gasteiger partial charge on any atom is -0.351 e. The maximum atomic E-state index is 13.5. The van der Waals surface area contributed by atoms with Gasteiger partial charge in [0.25, 0.3) is 0 Å². The molecule has 7 rings (SSSR count). The predicted molar refractivity (Wildman–Crippen MR) is 173 cm³/mol. The van der Waals surface area contributed by atoms with E-state index in [2.05, 4.69) is 42.7 Å². The number of fused-ring (bicyclic) bond motifs is 1. The molecule has 46 heavy (non-hydrogen) atoms. The van der Waals surface area contributed by atoms with Crippen LogP contribution in [0, 0.1) is 0 Å². The first-order valence-corrected chi connectivity index (χ1v) is 17.1. The second-order valence-corrected chi connectivity index (χ2v) is 14.4. The summed E-state index contributed by atoms with van der Waals surface area (Å²) in [6.45, 7) is 3.49. The van der Waals surface area contributed by atoms with Crippen molar-refractivity contribution in [2.45, 2.75) is 42.7 Å². The third-order valence-corrected chi connectivity index (χ3v) is 11.0. The maximum absolute atomic E-state index is 13.5. The summed E-state index contributed by atoms with van der Waals surface area (Å²) in [6.07, 6.45) is 4.62. The van der Waals surface area contributed by atoms with Gasteiger partial charge in [-0.15, -0.1) is 0 Å². The average molecular weight is 664 g/mol. The van der Waals surface area contributed by atoms with Gasteiger partial charge in [0.15, 0.2) is 5.82 Å². The third-order valence-electron chi connectivity index (χ3n) is 8.94. The number of likely N-dealkylation sites (tertiary alicyclic amines) is 1. The molecule has 0 atom stereocenters. The monoisotopic (exact) mass is 663 g/mol. The maximum Gasteiger partial charge on any atom is 0.329 e. The third kappa shape index (κ3) is 6.05. The minimum absolute atomic E-state index is 0.0853. The Hall–Kier alpha value is -4.11. The number of carbonyl (C=O) groups is 2. The van der Waals surface area contributed by atoms with Crippen LogP contribution in [0.15, 0.2) is 59.8 Å². The molecule has 240 valence electrons. The van der Waals surface area contributed by atoms with E-state index in [1.807, 2.05) is 25.2 Å². The van der Waals surface area contributed by atoms with E-state index in [-0.39, 0.29) is 18.4 Å². The topological polar surface area (TPSA) is 146 Å². The zero-order valence-electron chi connectivity index (χ0n) is 25.3. The number of amides is 3. The molecule has 0 aliphatic carbocycles. The normalized spacial score (nSPS) is 19.0. The molecule has 0 spiro atoms. The lowest BCUT2D eigenvalue weighted by atomic mass is 9.90. The van der Waals surface area contributed by atoms with Gasteiger partial charge in [0.2, 0.25) is 21.9 Å². The number of imide groups is 1. The van der Waals surface area contributed by atoms with Crippen molar-refractivity contribution in [1.29, 1.82) is 0 Å². The molecule has 0 saturated carbocycles. The van der Waals surface area contributed by atoms with Gasteiger partial charge in [-0.25, -0.2) is 23.2 Å². The number of anilines is 2. The molecule has 2 aromatic heterocycles. The summed E-state index contributed by atoms with van der Waals surface area (Å²) >= 11 is 5.87. The van der Waals surface area contributed by atoms with Gasteiger partial charge in [0.05, 0.1) is 27.8 Å². The summed E-state index contributed by atoms with van der Waals surface area (Å²) < 4.78 is 30.4. The molecule has 0 radical (unpaired) electrons. The van der Waals surface area contributed by atoms with E-state index in [9.17, 15) is 18.0 Å². The fraction of sp³-hybridized carbons (Fsp3) is 0.387. The molecule has 5 heterocycles. The highest BCUT2D eigenvalue weighted by Gasteiger charge is 2.32. The van der Waals surface area contributed by atoms with E-state index in [4.69, 9.17) is 11.6 Å². The molecule has 3 aliphatic heterocycles. The van der Waals surface area contributed by atoms with E-state index in [1.165, 1.54) is 22.9 Å². The van der Waals surface area contributed by atoms with Gasteiger partial charge < -0.3 is 5.32 Å². The first-order valence-electron chi connectivity index (χ1n) is 15.3. The van der Waals surface area contributed by atoms with Crippen LogP contribution >= 0.6 is 11.6 Å². The molecule has 2 aromatic carbocycles. The number of aryl methyl sites for hydroxylation is 1. The molecule has 0 bridgehead atoms. The Balaban J connectivity index is 0.955. The molecule has 15 heteroatoms. The summed E-state index contributed by atoms with van der Waals surface area (Å²) in [6, 6.07) is 13.1. The lowest BCUT2D eigenvalue weighted by Crippen LogP contribution is -2.49. The summed E-state index contributed by atoms with van der Waals surface area (Å²) in [5.41, 5.74) is 3.07. The number of carbonyl (C=O) groups excluding carboxylic acids is 2. The van der Waals surface area contributed by atoms with Gasteiger partial charge >= 0.3 is 6.03 Å². The van der Waals surface area contributed by atoms with Crippen LogP contribution in [0.2, 0.25) is 5.02 Å². The SMILES string of the molecule is Cn1nc(N2CCC(=O)NC2=O)c2ccc(C3CN(Cc4cccc(S(=O)(=O)N5CCC(Nc6ncc(Cl)cn6)CC5)c4)C3)cc21. The van der Waals surface area contributed by atoms with Gasteiger partial charge in [-0.3, -0.25) is 24.6 Å². The van der Waals surface area contributed by atoms with Gasteiger partial charge in [-0.05, 0) is 48.2 Å². The Morgan fingerprint density at radius 2 is 1.78 bits per heavy atom. The van der Waals surface area contributed by atoms with Crippen molar-refractivity contribution in [3.05, 3.63) is 71.0 Å². The number of piperidine rings is 1. The first kappa shape index (κ1) is 30.5. The Morgan fingerprint density at radius 3 is 2.52 bits per heavy atom. The molecule has 3 fully saturated rings. The Labute approximate surface area is 271 Å². The first-order chi connectivity index (χ1) is 22.1. The number of aromatic nitrogens is 4. The molecule has 0 unspecified atom stereocenters. The van der Waals surface area contributed by atoms with E-state index >= 15 is 0 Å². The molecule has 4 aromatic rings. The predicted octanol–water partition coefficient (Wildman–Crippen LogP) is 3.33. The van der Waals surface area contributed by atoms with Crippen LogP contribution in [-0.4, -0.2) is 88.1 Å². The largest absolute Gasteiger partial charge is 0.351 e. The summed E-state index contributed by atoms with van der Waals surface area (Å²) in [4.78, 5) is 36.5. The number of urea groups is 1. The number of halogens is 1. The van der Waals surface area contributed by atoms with Gasteiger partial charge in [-0.1, -0.05) is 29.8 Å². The van der Waals surface area contributed by atoms with Crippen molar-refractivity contribution in [3.8, 4) is 0 Å². The number of rotatable bonds is 8. The second kappa shape index (κ2) is 12.2.